The second-order valence-corrected chi connectivity index (χ2v) is 3.14. The number of carbonyl (C=O) groups is 1. The summed E-state index contributed by atoms with van der Waals surface area (Å²) in [6, 6.07) is 5.21. The Morgan fingerprint density at radius 1 is 1.57 bits per heavy atom. The van der Waals surface area contributed by atoms with Crippen LogP contribution >= 0.6 is 0 Å². The van der Waals surface area contributed by atoms with Gasteiger partial charge < -0.3 is 9.67 Å². The highest BCUT2D eigenvalue weighted by atomic mass is 16.3. The predicted octanol–water partition coefficient (Wildman–Crippen LogP) is 0.748. The molecular weight excluding hydrogens is 180 g/mol. The van der Waals surface area contributed by atoms with Gasteiger partial charge in [-0.15, -0.1) is 0 Å². The zero-order chi connectivity index (χ0) is 10.1. The molecular formula is C10H10N2O2. The van der Waals surface area contributed by atoms with Crippen LogP contribution in [0.3, 0.4) is 0 Å². The number of Topliss-reactive ketones (excluding diaryl/α,β-unsaturated/α-hetero) is 1. The molecule has 0 spiro atoms. The van der Waals surface area contributed by atoms with Crippen LogP contribution in [0.15, 0.2) is 24.5 Å². The molecule has 0 fully saturated rings. The molecule has 14 heavy (non-hydrogen) atoms. The van der Waals surface area contributed by atoms with Crippen molar-refractivity contribution < 1.29 is 9.90 Å². The Morgan fingerprint density at radius 2 is 2.36 bits per heavy atom. The number of hydrogen-bond acceptors (Lipinski definition) is 3. The van der Waals surface area contributed by atoms with Gasteiger partial charge in [0.05, 0.1) is 17.4 Å². The van der Waals surface area contributed by atoms with Crippen LogP contribution in [0.5, 0.6) is 0 Å². The van der Waals surface area contributed by atoms with Crippen molar-refractivity contribution in [1.29, 1.82) is 0 Å². The predicted molar refractivity (Wildman–Crippen MR) is 52.1 cm³/mol. The van der Waals surface area contributed by atoms with Crippen molar-refractivity contribution in [2.75, 3.05) is 6.61 Å². The number of imidazole rings is 1. The average molecular weight is 190 g/mol. The SMILES string of the molecule is Cn1cnc2cc(C(=O)CO)ccc21. The van der Waals surface area contributed by atoms with Gasteiger partial charge in [-0.3, -0.25) is 4.79 Å². The molecule has 0 amide bonds. The number of aryl methyl sites for hydroxylation is 1. The highest BCUT2D eigenvalue weighted by molar-refractivity contribution is 5.99. The summed E-state index contributed by atoms with van der Waals surface area (Å²) in [7, 11) is 1.89. The molecule has 0 aliphatic carbocycles. The van der Waals surface area contributed by atoms with Crippen LogP contribution in [0.1, 0.15) is 10.4 Å². The fourth-order valence-electron chi connectivity index (χ4n) is 1.40. The number of benzene rings is 1. The van der Waals surface area contributed by atoms with E-state index in [2.05, 4.69) is 4.98 Å². The van der Waals surface area contributed by atoms with Crippen LogP contribution in [0.25, 0.3) is 11.0 Å². The molecule has 4 heteroatoms. The van der Waals surface area contributed by atoms with Crippen molar-refractivity contribution in [1.82, 2.24) is 9.55 Å². The molecule has 1 N–H and O–H groups in total. The summed E-state index contributed by atoms with van der Waals surface area (Å²) in [4.78, 5) is 15.3. The average Bonchev–Trinajstić information content (AvgIpc) is 2.59. The maximum atomic E-state index is 11.2. The Kier molecular flexibility index (Phi) is 2.05. The first kappa shape index (κ1) is 8.90. The first-order valence-electron chi connectivity index (χ1n) is 4.27. The van der Waals surface area contributed by atoms with Crippen molar-refractivity contribution in [3.05, 3.63) is 30.1 Å². The van der Waals surface area contributed by atoms with Gasteiger partial charge in [0, 0.05) is 12.6 Å². The molecule has 0 unspecified atom stereocenters. The van der Waals surface area contributed by atoms with Gasteiger partial charge in [-0.2, -0.15) is 0 Å². The van der Waals surface area contributed by atoms with Crippen molar-refractivity contribution in [2.24, 2.45) is 7.05 Å². The lowest BCUT2D eigenvalue weighted by molar-refractivity contribution is 0.0904. The van der Waals surface area contributed by atoms with E-state index in [0.717, 1.165) is 11.0 Å². The normalized spacial score (nSPS) is 10.7. The molecule has 0 saturated carbocycles. The molecule has 2 aromatic rings. The molecule has 4 nitrogen and oxygen atoms in total. The van der Waals surface area contributed by atoms with Crippen molar-refractivity contribution in [3.63, 3.8) is 0 Å². The van der Waals surface area contributed by atoms with Gasteiger partial charge >= 0.3 is 0 Å². The fourth-order valence-corrected chi connectivity index (χ4v) is 1.40. The lowest BCUT2D eigenvalue weighted by atomic mass is 10.1. The largest absolute Gasteiger partial charge is 0.388 e. The molecule has 0 saturated heterocycles. The Balaban J connectivity index is 2.57. The minimum atomic E-state index is -0.460. The number of fused-ring (bicyclic) bond motifs is 1. The zero-order valence-corrected chi connectivity index (χ0v) is 7.77. The molecule has 0 aliphatic heterocycles. The molecule has 2 rings (SSSR count). The first-order valence-corrected chi connectivity index (χ1v) is 4.27. The maximum absolute atomic E-state index is 11.2. The van der Waals surface area contributed by atoms with Gasteiger partial charge in [0.15, 0.2) is 5.78 Å². The quantitative estimate of drug-likeness (QED) is 0.711. The van der Waals surface area contributed by atoms with Crippen LogP contribution in [0, 0.1) is 0 Å². The summed E-state index contributed by atoms with van der Waals surface area (Å²) in [5.74, 6) is -0.280. The lowest BCUT2D eigenvalue weighted by Crippen LogP contribution is -2.03. The van der Waals surface area contributed by atoms with E-state index < -0.39 is 6.61 Å². The van der Waals surface area contributed by atoms with Crippen molar-refractivity contribution >= 4 is 16.8 Å². The van der Waals surface area contributed by atoms with E-state index in [1.54, 1.807) is 18.5 Å². The van der Waals surface area contributed by atoms with E-state index in [4.69, 9.17) is 5.11 Å². The van der Waals surface area contributed by atoms with Crippen LogP contribution < -0.4 is 0 Å². The third kappa shape index (κ3) is 1.29. The second-order valence-electron chi connectivity index (χ2n) is 3.14. The maximum Gasteiger partial charge on any atom is 0.188 e. The third-order valence-corrected chi connectivity index (χ3v) is 2.19. The van der Waals surface area contributed by atoms with E-state index in [0.29, 0.717) is 5.56 Å². The number of aliphatic hydroxyl groups is 1. The number of rotatable bonds is 2. The van der Waals surface area contributed by atoms with E-state index in [9.17, 15) is 4.79 Å². The summed E-state index contributed by atoms with van der Waals surface area (Å²) in [6.07, 6.45) is 1.69. The smallest absolute Gasteiger partial charge is 0.188 e. The Labute approximate surface area is 80.8 Å². The lowest BCUT2D eigenvalue weighted by Gasteiger charge is -1.98. The van der Waals surface area contributed by atoms with E-state index in [1.807, 2.05) is 17.7 Å². The van der Waals surface area contributed by atoms with Crippen LogP contribution in [0.2, 0.25) is 0 Å². The standard InChI is InChI=1S/C10H10N2O2/c1-12-6-11-8-4-7(10(14)5-13)2-3-9(8)12/h2-4,6,13H,5H2,1H3. The van der Waals surface area contributed by atoms with Crippen LogP contribution in [-0.4, -0.2) is 27.0 Å². The number of carbonyl (C=O) groups excluding carboxylic acids is 1. The van der Waals surface area contributed by atoms with E-state index in [-0.39, 0.29) is 5.78 Å². The zero-order valence-electron chi connectivity index (χ0n) is 7.77. The van der Waals surface area contributed by atoms with E-state index in [1.165, 1.54) is 0 Å². The summed E-state index contributed by atoms with van der Waals surface area (Å²) < 4.78 is 1.88. The Hall–Kier alpha value is -1.68. The minimum Gasteiger partial charge on any atom is -0.388 e. The minimum absolute atomic E-state index is 0.280. The number of nitrogens with zero attached hydrogens (tertiary/aromatic N) is 2. The Bertz CT molecular complexity index is 488. The molecule has 0 radical (unpaired) electrons. The molecule has 1 aromatic heterocycles. The van der Waals surface area contributed by atoms with Gasteiger partial charge in [0.2, 0.25) is 0 Å². The Morgan fingerprint density at radius 3 is 3.07 bits per heavy atom. The highest BCUT2D eigenvalue weighted by Crippen LogP contribution is 2.13. The highest BCUT2D eigenvalue weighted by Gasteiger charge is 2.06. The van der Waals surface area contributed by atoms with Gasteiger partial charge in [-0.05, 0) is 18.2 Å². The molecule has 1 aromatic carbocycles. The van der Waals surface area contributed by atoms with Crippen LogP contribution in [0.4, 0.5) is 0 Å². The third-order valence-electron chi connectivity index (χ3n) is 2.19. The van der Waals surface area contributed by atoms with Crippen molar-refractivity contribution in [2.45, 2.75) is 0 Å². The summed E-state index contributed by atoms with van der Waals surface area (Å²) in [6.45, 7) is -0.460. The van der Waals surface area contributed by atoms with Gasteiger partial charge in [0.1, 0.15) is 6.61 Å². The van der Waals surface area contributed by atoms with E-state index >= 15 is 0 Å². The second kappa shape index (κ2) is 3.23. The van der Waals surface area contributed by atoms with Crippen molar-refractivity contribution in [3.8, 4) is 0 Å². The number of ketones is 1. The topological polar surface area (TPSA) is 55.1 Å². The summed E-state index contributed by atoms with van der Waals surface area (Å²) in [5, 5.41) is 8.69. The molecule has 0 atom stereocenters. The molecule has 0 bridgehead atoms. The number of aliphatic hydroxyl groups excluding tert-OH is 1. The van der Waals surface area contributed by atoms with Gasteiger partial charge in [-0.1, -0.05) is 0 Å². The number of hydrogen-bond donors (Lipinski definition) is 1. The number of aromatic nitrogens is 2. The first-order chi connectivity index (χ1) is 6.72. The fraction of sp³-hybridized carbons (Fsp3) is 0.200. The molecule has 72 valence electrons. The molecule has 1 heterocycles. The van der Waals surface area contributed by atoms with Gasteiger partial charge in [0.25, 0.3) is 0 Å². The van der Waals surface area contributed by atoms with Gasteiger partial charge in [-0.25, -0.2) is 4.98 Å². The molecule has 0 aliphatic rings. The summed E-state index contributed by atoms with van der Waals surface area (Å²) in [5.41, 5.74) is 2.24. The monoisotopic (exact) mass is 190 g/mol. The summed E-state index contributed by atoms with van der Waals surface area (Å²) >= 11 is 0. The van der Waals surface area contributed by atoms with Crippen LogP contribution in [-0.2, 0) is 7.05 Å².